The molecule has 4 nitrogen and oxygen atoms in total. The molecule has 1 amide bonds. The third-order valence-electron chi connectivity index (χ3n) is 2.58. The van der Waals surface area contributed by atoms with Gasteiger partial charge in [-0.05, 0) is 26.0 Å². The number of esters is 1. The third kappa shape index (κ3) is 4.95. The minimum Gasteiger partial charge on any atom is -0.465 e. The number of anilines is 1. The summed E-state index contributed by atoms with van der Waals surface area (Å²) in [5.41, 5.74) is 0.844. The van der Waals surface area contributed by atoms with Gasteiger partial charge in [0.1, 0.15) is 0 Å². The molecule has 19 heavy (non-hydrogen) atoms. The summed E-state index contributed by atoms with van der Waals surface area (Å²) in [4.78, 5) is 25.0. The summed E-state index contributed by atoms with van der Waals surface area (Å²) in [6, 6.07) is 9.42. The van der Waals surface area contributed by atoms with E-state index in [2.05, 4.69) is 0 Å². The van der Waals surface area contributed by atoms with Crippen LogP contribution in [0.1, 0.15) is 13.8 Å². The standard InChI is InChI=1S/C14H19NO3S/c1-4-18-13(16)10-19-11(2)14(17)15(3)12-8-6-5-7-9-12/h5-9,11H,4,10H2,1-3H3. The summed E-state index contributed by atoms with van der Waals surface area (Å²) in [6.07, 6.45) is 0. The van der Waals surface area contributed by atoms with Crippen LogP contribution in [0.25, 0.3) is 0 Å². The van der Waals surface area contributed by atoms with Crippen molar-refractivity contribution in [1.82, 2.24) is 0 Å². The van der Waals surface area contributed by atoms with Crippen molar-refractivity contribution in [3.8, 4) is 0 Å². The van der Waals surface area contributed by atoms with Gasteiger partial charge in [-0.15, -0.1) is 11.8 Å². The van der Waals surface area contributed by atoms with E-state index in [1.165, 1.54) is 11.8 Å². The molecule has 0 radical (unpaired) electrons. The maximum absolute atomic E-state index is 12.2. The van der Waals surface area contributed by atoms with Gasteiger partial charge in [-0.1, -0.05) is 18.2 Å². The van der Waals surface area contributed by atoms with Gasteiger partial charge in [-0.3, -0.25) is 9.59 Å². The van der Waals surface area contributed by atoms with Gasteiger partial charge in [-0.25, -0.2) is 0 Å². The Morgan fingerprint density at radius 2 is 1.95 bits per heavy atom. The molecular weight excluding hydrogens is 262 g/mol. The summed E-state index contributed by atoms with van der Waals surface area (Å²) >= 11 is 1.29. The highest BCUT2D eigenvalue weighted by atomic mass is 32.2. The number of benzene rings is 1. The van der Waals surface area contributed by atoms with Crippen molar-refractivity contribution in [2.24, 2.45) is 0 Å². The van der Waals surface area contributed by atoms with Gasteiger partial charge in [0.2, 0.25) is 5.91 Å². The number of carbonyl (C=O) groups excluding carboxylic acids is 2. The number of carbonyl (C=O) groups is 2. The average molecular weight is 281 g/mol. The smallest absolute Gasteiger partial charge is 0.315 e. The van der Waals surface area contributed by atoms with E-state index in [1.54, 1.807) is 25.8 Å². The fourth-order valence-electron chi connectivity index (χ4n) is 1.52. The van der Waals surface area contributed by atoms with Crippen molar-refractivity contribution in [3.05, 3.63) is 30.3 Å². The molecule has 1 rings (SSSR count). The summed E-state index contributed by atoms with van der Waals surface area (Å²) in [5.74, 6) is -0.112. The number of para-hydroxylation sites is 1. The molecule has 1 aromatic rings. The molecule has 1 aromatic carbocycles. The lowest BCUT2D eigenvalue weighted by molar-refractivity contribution is -0.139. The van der Waals surface area contributed by atoms with Crippen LogP contribution >= 0.6 is 11.8 Å². The second kappa shape index (κ2) is 7.84. The molecule has 0 saturated heterocycles. The maximum atomic E-state index is 12.2. The van der Waals surface area contributed by atoms with E-state index >= 15 is 0 Å². The Morgan fingerprint density at radius 1 is 1.32 bits per heavy atom. The van der Waals surface area contributed by atoms with Crippen LogP contribution in [-0.4, -0.2) is 36.5 Å². The van der Waals surface area contributed by atoms with Crippen molar-refractivity contribution < 1.29 is 14.3 Å². The quantitative estimate of drug-likeness (QED) is 0.751. The van der Waals surface area contributed by atoms with Crippen LogP contribution in [0.3, 0.4) is 0 Å². The van der Waals surface area contributed by atoms with E-state index in [4.69, 9.17) is 4.74 Å². The Bertz CT molecular complexity index is 422. The molecule has 0 aliphatic carbocycles. The van der Waals surface area contributed by atoms with Gasteiger partial charge in [0.25, 0.3) is 0 Å². The molecular formula is C14H19NO3S. The Labute approximate surface area is 118 Å². The Kier molecular flexibility index (Phi) is 6.42. The zero-order chi connectivity index (χ0) is 14.3. The fourth-order valence-corrected chi connectivity index (χ4v) is 2.29. The van der Waals surface area contributed by atoms with Crippen molar-refractivity contribution in [2.75, 3.05) is 24.3 Å². The lowest BCUT2D eigenvalue weighted by Gasteiger charge is -2.21. The number of thioether (sulfide) groups is 1. The predicted octanol–water partition coefficient (Wildman–Crippen LogP) is 2.33. The largest absolute Gasteiger partial charge is 0.465 e. The van der Waals surface area contributed by atoms with Crippen molar-refractivity contribution >= 4 is 29.3 Å². The van der Waals surface area contributed by atoms with Gasteiger partial charge in [0.15, 0.2) is 0 Å². The second-order valence-electron chi connectivity index (χ2n) is 3.99. The molecule has 0 heterocycles. The van der Waals surface area contributed by atoms with Crippen LogP contribution in [0.5, 0.6) is 0 Å². The van der Waals surface area contributed by atoms with Crippen molar-refractivity contribution in [2.45, 2.75) is 19.1 Å². The minimum absolute atomic E-state index is 0.0273. The lowest BCUT2D eigenvalue weighted by Crippen LogP contribution is -2.33. The highest BCUT2D eigenvalue weighted by Gasteiger charge is 2.20. The maximum Gasteiger partial charge on any atom is 0.315 e. The van der Waals surface area contributed by atoms with Crippen molar-refractivity contribution in [3.63, 3.8) is 0 Å². The van der Waals surface area contributed by atoms with Crippen LogP contribution in [0.2, 0.25) is 0 Å². The minimum atomic E-state index is -0.283. The predicted molar refractivity (Wildman–Crippen MR) is 78.4 cm³/mol. The summed E-state index contributed by atoms with van der Waals surface area (Å²) < 4.78 is 4.83. The normalized spacial score (nSPS) is 11.7. The molecule has 104 valence electrons. The zero-order valence-electron chi connectivity index (χ0n) is 11.5. The highest BCUT2D eigenvalue weighted by Crippen LogP contribution is 2.18. The van der Waals surface area contributed by atoms with Gasteiger partial charge >= 0.3 is 5.97 Å². The topological polar surface area (TPSA) is 46.6 Å². The highest BCUT2D eigenvalue weighted by molar-refractivity contribution is 8.01. The first kappa shape index (κ1) is 15.6. The van der Waals surface area contributed by atoms with Crippen LogP contribution in [0.15, 0.2) is 30.3 Å². The average Bonchev–Trinajstić information content (AvgIpc) is 2.44. The van der Waals surface area contributed by atoms with Crippen LogP contribution in [-0.2, 0) is 14.3 Å². The number of hydrogen-bond donors (Lipinski definition) is 0. The second-order valence-corrected chi connectivity index (χ2v) is 5.32. The van der Waals surface area contributed by atoms with Crippen LogP contribution in [0.4, 0.5) is 5.69 Å². The molecule has 0 fully saturated rings. The van der Waals surface area contributed by atoms with Gasteiger partial charge in [0.05, 0.1) is 17.6 Å². The monoisotopic (exact) mass is 281 g/mol. The number of ether oxygens (including phenoxy) is 1. The summed E-state index contributed by atoms with van der Waals surface area (Å²) in [7, 11) is 1.74. The van der Waals surface area contributed by atoms with E-state index in [1.807, 2.05) is 30.3 Å². The molecule has 0 aromatic heterocycles. The molecule has 0 N–H and O–H groups in total. The Balaban J connectivity index is 2.50. The van der Waals surface area contributed by atoms with E-state index in [9.17, 15) is 9.59 Å². The molecule has 0 aliphatic rings. The first-order valence-electron chi connectivity index (χ1n) is 6.16. The molecule has 0 spiro atoms. The molecule has 0 aliphatic heterocycles. The van der Waals surface area contributed by atoms with Gasteiger partial charge < -0.3 is 9.64 Å². The Hall–Kier alpha value is -1.49. The fraction of sp³-hybridized carbons (Fsp3) is 0.429. The van der Waals surface area contributed by atoms with Crippen molar-refractivity contribution in [1.29, 1.82) is 0 Å². The lowest BCUT2D eigenvalue weighted by atomic mass is 10.3. The summed E-state index contributed by atoms with van der Waals surface area (Å²) in [5, 5.41) is -0.283. The van der Waals surface area contributed by atoms with E-state index in [0.717, 1.165) is 5.69 Å². The van der Waals surface area contributed by atoms with E-state index < -0.39 is 0 Å². The molecule has 0 saturated carbocycles. The Morgan fingerprint density at radius 3 is 2.53 bits per heavy atom. The van der Waals surface area contributed by atoms with E-state index in [0.29, 0.717) is 6.61 Å². The first-order valence-corrected chi connectivity index (χ1v) is 7.21. The van der Waals surface area contributed by atoms with Crippen LogP contribution < -0.4 is 4.90 Å². The summed E-state index contributed by atoms with van der Waals surface area (Å²) in [6.45, 7) is 3.93. The number of nitrogens with zero attached hydrogens (tertiary/aromatic N) is 1. The molecule has 0 bridgehead atoms. The SMILES string of the molecule is CCOC(=O)CSC(C)C(=O)N(C)c1ccccc1. The van der Waals surface area contributed by atoms with Crippen LogP contribution in [0, 0.1) is 0 Å². The number of rotatable bonds is 6. The zero-order valence-corrected chi connectivity index (χ0v) is 12.3. The third-order valence-corrected chi connectivity index (χ3v) is 3.68. The molecule has 1 unspecified atom stereocenters. The van der Waals surface area contributed by atoms with Gasteiger partial charge in [0, 0.05) is 12.7 Å². The number of hydrogen-bond acceptors (Lipinski definition) is 4. The first-order chi connectivity index (χ1) is 9.06. The molecule has 1 atom stereocenters. The number of amides is 1. The molecule has 5 heteroatoms. The van der Waals surface area contributed by atoms with E-state index in [-0.39, 0.29) is 22.9 Å². The van der Waals surface area contributed by atoms with Gasteiger partial charge in [-0.2, -0.15) is 0 Å².